The number of ether oxygens (including phenoxy) is 1. The Balaban J connectivity index is 1.64. The molecule has 0 heterocycles. The number of likely N-dealkylation sites (N-methyl/N-ethyl adjacent to an activating group) is 1. The Hall–Kier alpha value is -2.27. The second-order valence-corrected chi connectivity index (χ2v) is 5.77. The van der Waals surface area contributed by atoms with Crippen LogP contribution in [-0.4, -0.2) is 37.7 Å². The van der Waals surface area contributed by atoms with Crippen LogP contribution in [0.2, 0.25) is 5.02 Å². The molecule has 0 unspecified atom stereocenters. The Bertz CT molecular complexity index is 647. The van der Waals surface area contributed by atoms with Crippen LogP contribution in [0.4, 0.5) is 9.18 Å². The number of benzene rings is 2. The zero-order valence-corrected chi connectivity index (χ0v) is 14.2. The van der Waals surface area contributed by atoms with Crippen LogP contribution in [-0.2, 0) is 6.42 Å². The van der Waals surface area contributed by atoms with Gasteiger partial charge in [-0.15, -0.1) is 0 Å². The van der Waals surface area contributed by atoms with Crippen LogP contribution in [0, 0.1) is 5.82 Å². The van der Waals surface area contributed by atoms with Crippen LogP contribution in [0.1, 0.15) is 5.56 Å². The first-order chi connectivity index (χ1) is 11.5. The molecule has 0 spiro atoms. The van der Waals surface area contributed by atoms with Gasteiger partial charge >= 0.3 is 6.03 Å². The summed E-state index contributed by atoms with van der Waals surface area (Å²) in [6.45, 7) is 1.32. The lowest BCUT2D eigenvalue weighted by Gasteiger charge is -2.18. The predicted octanol–water partition coefficient (Wildman–Crippen LogP) is 3.74. The van der Waals surface area contributed by atoms with E-state index in [9.17, 15) is 9.18 Å². The van der Waals surface area contributed by atoms with Crippen molar-refractivity contribution in [3.8, 4) is 5.75 Å². The van der Waals surface area contributed by atoms with Crippen LogP contribution in [0.25, 0.3) is 0 Å². The summed E-state index contributed by atoms with van der Waals surface area (Å²) in [4.78, 5) is 13.5. The Kier molecular flexibility index (Phi) is 6.88. The van der Waals surface area contributed by atoms with E-state index >= 15 is 0 Å². The van der Waals surface area contributed by atoms with Crippen molar-refractivity contribution in [1.29, 1.82) is 0 Å². The second kappa shape index (κ2) is 9.13. The number of hydrogen-bond acceptors (Lipinski definition) is 2. The molecule has 0 bridgehead atoms. The smallest absolute Gasteiger partial charge is 0.317 e. The topological polar surface area (TPSA) is 41.6 Å². The molecule has 0 aliphatic carbocycles. The summed E-state index contributed by atoms with van der Waals surface area (Å²) in [5.74, 6) is 0.271. The normalized spacial score (nSPS) is 10.3. The minimum atomic E-state index is -0.306. The molecule has 0 fully saturated rings. The van der Waals surface area contributed by atoms with Gasteiger partial charge in [0.25, 0.3) is 0 Å². The predicted molar refractivity (Wildman–Crippen MR) is 93.1 cm³/mol. The van der Waals surface area contributed by atoms with Crippen molar-refractivity contribution in [3.63, 3.8) is 0 Å². The molecule has 6 heteroatoms. The fraction of sp³-hybridized carbons (Fsp3) is 0.278. The summed E-state index contributed by atoms with van der Waals surface area (Å²) in [6, 6.07) is 13.2. The van der Waals surface area contributed by atoms with E-state index < -0.39 is 0 Å². The highest BCUT2D eigenvalue weighted by molar-refractivity contribution is 6.30. The van der Waals surface area contributed by atoms with Crippen LogP contribution < -0.4 is 10.1 Å². The number of nitrogens with one attached hydrogen (secondary N) is 1. The van der Waals surface area contributed by atoms with Crippen LogP contribution in [0.15, 0.2) is 48.5 Å². The Labute approximate surface area is 146 Å². The molecule has 2 amide bonds. The van der Waals surface area contributed by atoms with Crippen molar-refractivity contribution in [3.05, 3.63) is 64.9 Å². The van der Waals surface area contributed by atoms with Crippen molar-refractivity contribution in [2.75, 3.05) is 26.7 Å². The van der Waals surface area contributed by atoms with Gasteiger partial charge in [0, 0.05) is 18.6 Å². The number of halogens is 2. The van der Waals surface area contributed by atoms with Crippen molar-refractivity contribution < 1.29 is 13.9 Å². The molecule has 2 aromatic carbocycles. The maximum atomic E-state index is 12.8. The SMILES string of the molecule is CN(CCOc1ccc(F)cc1)C(=O)NCCc1ccc(Cl)cc1. The van der Waals surface area contributed by atoms with Crippen molar-refractivity contribution in [1.82, 2.24) is 10.2 Å². The number of amides is 2. The lowest BCUT2D eigenvalue weighted by molar-refractivity contribution is 0.195. The number of hydrogen-bond donors (Lipinski definition) is 1. The van der Waals surface area contributed by atoms with Gasteiger partial charge < -0.3 is 15.0 Å². The fourth-order valence-corrected chi connectivity index (χ4v) is 2.16. The second-order valence-electron chi connectivity index (χ2n) is 5.33. The van der Waals surface area contributed by atoms with Crippen LogP contribution in [0.5, 0.6) is 5.75 Å². The first kappa shape index (κ1) is 18.1. The number of carbonyl (C=O) groups is 1. The van der Waals surface area contributed by atoms with Gasteiger partial charge in [-0.05, 0) is 48.4 Å². The summed E-state index contributed by atoms with van der Waals surface area (Å²) in [6.07, 6.45) is 0.739. The highest BCUT2D eigenvalue weighted by Gasteiger charge is 2.07. The van der Waals surface area contributed by atoms with E-state index in [2.05, 4.69) is 5.32 Å². The number of nitrogens with zero attached hydrogens (tertiary/aromatic N) is 1. The minimum Gasteiger partial charge on any atom is -0.492 e. The van der Waals surface area contributed by atoms with Crippen molar-refractivity contribution >= 4 is 17.6 Å². The van der Waals surface area contributed by atoms with Crippen molar-refractivity contribution in [2.45, 2.75) is 6.42 Å². The molecule has 0 radical (unpaired) electrons. The average molecular weight is 351 g/mol. The number of urea groups is 1. The van der Waals surface area contributed by atoms with Gasteiger partial charge in [0.05, 0.1) is 6.54 Å². The highest BCUT2D eigenvalue weighted by atomic mass is 35.5. The first-order valence-electron chi connectivity index (χ1n) is 7.66. The standard InChI is InChI=1S/C18H20ClFN2O2/c1-22(12-13-24-17-8-6-16(20)7-9-17)18(23)21-11-10-14-2-4-15(19)5-3-14/h2-9H,10-13H2,1H3,(H,21,23). The van der Waals surface area contributed by atoms with Gasteiger partial charge in [-0.25, -0.2) is 9.18 Å². The summed E-state index contributed by atoms with van der Waals surface area (Å²) in [7, 11) is 1.70. The first-order valence-corrected chi connectivity index (χ1v) is 8.04. The maximum Gasteiger partial charge on any atom is 0.317 e. The quantitative estimate of drug-likeness (QED) is 0.826. The van der Waals surface area contributed by atoms with Gasteiger partial charge in [0.2, 0.25) is 0 Å². The molecule has 128 valence electrons. The minimum absolute atomic E-state index is 0.160. The van der Waals surface area contributed by atoms with Gasteiger partial charge in [-0.3, -0.25) is 0 Å². The Morgan fingerprint density at radius 1 is 1.17 bits per heavy atom. The van der Waals surface area contributed by atoms with E-state index in [1.54, 1.807) is 24.1 Å². The fourth-order valence-electron chi connectivity index (χ4n) is 2.03. The third kappa shape index (κ3) is 6.08. The van der Waals surface area contributed by atoms with Gasteiger partial charge in [0.15, 0.2) is 0 Å². The van der Waals surface area contributed by atoms with Gasteiger partial charge in [-0.2, -0.15) is 0 Å². The monoisotopic (exact) mass is 350 g/mol. The largest absolute Gasteiger partial charge is 0.492 e. The molecule has 2 rings (SSSR count). The maximum absolute atomic E-state index is 12.8. The molecule has 0 atom stereocenters. The van der Waals surface area contributed by atoms with E-state index in [1.807, 2.05) is 24.3 Å². The van der Waals surface area contributed by atoms with E-state index in [0.29, 0.717) is 30.5 Å². The summed E-state index contributed by atoms with van der Waals surface area (Å²) >= 11 is 5.83. The molecule has 2 aromatic rings. The van der Waals surface area contributed by atoms with E-state index in [1.165, 1.54) is 12.1 Å². The third-order valence-electron chi connectivity index (χ3n) is 3.46. The molecule has 0 saturated carbocycles. The van der Waals surface area contributed by atoms with Crippen LogP contribution in [0.3, 0.4) is 0 Å². The summed E-state index contributed by atoms with van der Waals surface area (Å²) in [5, 5.41) is 3.55. The molecule has 0 aliphatic rings. The number of rotatable bonds is 7. The average Bonchev–Trinajstić information content (AvgIpc) is 2.58. The van der Waals surface area contributed by atoms with Gasteiger partial charge in [0.1, 0.15) is 18.2 Å². The lowest BCUT2D eigenvalue weighted by Crippen LogP contribution is -2.40. The molecule has 24 heavy (non-hydrogen) atoms. The lowest BCUT2D eigenvalue weighted by atomic mass is 10.1. The van der Waals surface area contributed by atoms with Crippen LogP contribution >= 0.6 is 11.6 Å². The molecule has 1 N–H and O–H groups in total. The zero-order valence-electron chi connectivity index (χ0n) is 13.5. The molecule has 0 aromatic heterocycles. The highest BCUT2D eigenvalue weighted by Crippen LogP contribution is 2.11. The van der Waals surface area contributed by atoms with E-state index in [4.69, 9.17) is 16.3 Å². The molecular weight excluding hydrogens is 331 g/mol. The zero-order chi connectivity index (χ0) is 17.4. The Morgan fingerprint density at radius 2 is 1.83 bits per heavy atom. The number of carbonyl (C=O) groups excluding carboxylic acids is 1. The summed E-state index contributed by atoms with van der Waals surface area (Å²) in [5.41, 5.74) is 1.11. The summed E-state index contributed by atoms with van der Waals surface area (Å²) < 4.78 is 18.2. The van der Waals surface area contributed by atoms with E-state index in [-0.39, 0.29) is 11.8 Å². The van der Waals surface area contributed by atoms with E-state index in [0.717, 1.165) is 12.0 Å². The molecular formula is C18H20ClFN2O2. The van der Waals surface area contributed by atoms with Gasteiger partial charge in [-0.1, -0.05) is 23.7 Å². The molecule has 0 aliphatic heterocycles. The third-order valence-corrected chi connectivity index (χ3v) is 3.71. The van der Waals surface area contributed by atoms with Crippen molar-refractivity contribution in [2.24, 2.45) is 0 Å². The Morgan fingerprint density at radius 3 is 2.50 bits per heavy atom. The molecule has 0 saturated heterocycles. The molecule has 4 nitrogen and oxygen atoms in total.